The molecule has 2 heterocycles. The third kappa shape index (κ3) is 5.74. The number of urea groups is 1. The number of methoxy groups -OCH3 is 1. The summed E-state index contributed by atoms with van der Waals surface area (Å²) >= 11 is 0. The third-order valence-corrected chi connectivity index (χ3v) is 5.71. The Morgan fingerprint density at radius 3 is 2.48 bits per heavy atom. The van der Waals surface area contributed by atoms with E-state index in [1.807, 2.05) is 24.3 Å². The summed E-state index contributed by atoms with van der Waals surface area (Å²) in [6, 6.07) is 7.51. The normalized spacial score (nSPS) is 19.8. The van der Waals surface area contributed by atoms with Gasteiger partial charge in [-0.15, -0.1) is 0 Å². The summed E-state index contributed by atoms with van der Waals surface area (Å²) in [6.45, 7) is 6.98. The van der Waals surface area contributed by atoms with E-state index in [4.69, 9.17) is 9.47 Å². The lowest BCUT2D eigenvalue weighted by Crippen LogP contribution is -2.44. The molecule has 1 unspecified atom stereocenters. The van der Waals surface area contributed by atoms with E-state index in [0.29, 0.717) is 26.2 Å². The Kier molecular flexibility index (Phi) is 7.50. The molecule has 31 heavy (non-hydrogen) atoms. The first-order valence-corrected chi connectivity index (χ1v) is 10.7. The quantitative estimate of drug-likeness (QED) is 0.571. The highest BCUT2D eigenvalue weighted by molar-refractivity contribution is 6.06. The fourth-order valence-electron chi connectivity index (χ4n) is 3.89. The van der Waals surface area contributed by atoms with Crippen molar-refractivity contribution in [2.45, 2.75) is 38.3 Å². The van der Waals surface area contributed by atoms with Crippen molar-refractivity contribution >= 4 is 17.8 Å². The molecule has 0 spiro atoms. The number of imide groups is 1. The predicted octanol–water partition coefficient (Wildman–Crippen LogP) is 1.30. The molecule has 1 atom stereocenters. The van der Waals surface area contributed by atoms with Crippen LogP contribution >= 0.6 is 0 Å². The van der Waals surface area contributed by atoms with Crippen molar-refractivity contribution in [2.24, 2.45) is 0 Å². The second kappa shape index (κ2) is 10.1. The van der Waals surface area contributed by atoms with Crippen LogP contribution in [0.2, 0.25) is 0 Å². The van der Waals surface area contributed by atoms with Gasteiger partial charge in [-0.2, -0.15) is 0 Å². The van der Waals surface area contributed by atoms with Crippen molar-refractivity contribution in [3.63, 3.8) is 0 Å². The molecule has 2 fully saturated rings. The number of hydrogen-bond acceptors (Lipinski definition) is 6. The Bertz CT molecular complexity index is 790. The summed E-state index contributed by atoms with van der Waals surface area (Å²) in [5, 5.41) is 5.66. The molecule has 2 saturated heterocycles. The van der Waals surface area contributed by atoms with Crippen molar-refractivity contribution in [3.8, 4) is 5.75 Å². The second-order valence-electron chi connectivity index (χ2n) is 8.36. The zero-order valence-electron chi connectivity index (χ0n) is 18.5. The number of carbonyl (C=O) groups is 3. The zero-order valence-corrected chi connectivity index (χ0v) is 18.5. The molecule has 0 aromatic heterocycles. The number of carbonyl (C=O) groups excluding carboxylic acids is 3. The van der Waals surface area contributed by atoms with Crippen LogP contribution in [0.25, 0.3) is 0 Å². The highest BCUT2D eigenvalue weighted by Crippen LogP contribution is 2.24. The molecule has 0 saturated carbocycles. The molecule has 2 aliphatic heterocycles. The van der Waals surface area contributed by atoms with Gasteiger partial charge in [-0.05, 0) is 38.0 Å². The fourth-order valence-corrected chi connectivity index (χ4v) is 3.89. The van der Waals surface area contributed by atoms with Crippen LogP contribution in [-0.2, 0) is 14.3 Å². The van der Waals surface area contributed by atoms with Crippen molar-refractivity contribution in [3.05, 3.63) is 29.8 Å². The van der Waals surface area contributed by atoms with Crippen molar-refractivity contribution in [1.82, 2.24) is 20.4 Å². The topological polar surface area (TPSA) is 100 Å². The van der Waals surface area contributed by atoms with Crippen LogP contribution in [0.15, 0.2) is 24.3 Å². The monoisotopic (exact) mass is 432 g/mol. The van der Waals surface area contributed by atoms with Crippen LogP contribution in [0.1, 0.15) is 38.3 Å². The lowest BCUT2D eigenvalue weighted by atomic mass is 10.0. The summed E-state index contributed by atoms with van der Waals surface area (Å²) < 4.78 is 10.7. The number of nitrogens with one attached hydrogen (secondary N) is 2. The SMILES string of the molecule is COc1ccc(C(CNC(=O)CCCN2C(=O)NC(C)(C)C2=O)N2CCOCC2)cc1. The minimum Gasteiger partial charge on any atom is -0.497 e. The minimum atomic E-state index is -0.886. The highest BCUT2D eigenvalue weighted by Gasteiger charge is 2.43. The standard InChI is InChI=1S/C22H32N4O5/c1-22(2)20(28)26(21(29)24-22)10-4-5-19(27)23-15-18(25-11-13-31-14-12-25)16-6-8-17(30-3)9-7-16/h6-9,18H,4-5,10-15H2,1-3H3,(H,23,27)(H,24,29). The molecule has 2 aliphatic rings. The third-order valence-electron chi connectivity index (χ3n) is 5.71. The van der Waals surface area contributed by atoms with Gasteiger partial charge in [0.2, 0.25) is 5.91 Å². The number of nitrogens with zero attached hydrogens (tertiary/aromatic N) is 2. The van der Waals surface area contributed by atoms with Gasteiger partial charge in [-0.3, -0.25) is 19.4 Å². The van der Waals surface area contributed by atoms with Crippen LogP contribution in [0.5, 0.6) is 5.75 Å². The summed E-state index contributed by atoms with van der Waals surface area (Å²) in [5.74, 6) is 0.431. The van der Waals surface area contributed by atoms with E-state index in [9.17, 15) is 14.4 Å². The molecule has 170 valence electrons. The minimum absolute atomic E-state index is 0.0329. The van der Waals surface area contributed by atoms with Gasteiger partial charge in [0.1, 0.15) is 11.3 Å². The average Bonchev–Trinajstić information content (AvgIpc) is 2.96. The Morgan fingerprint density at radius 1 is 1.23 bits per heavy atom. The van der Waals surface area contributed by atoms with Crippen molar-refractivity contribution in [2.75, 3.05) is 46.5 Å². The molecule has 1 aromatic rings. The number of amides is 4. The first kappa shape index (κ1) is 23.0. The van der Waals surface area contributed by atoms with E-state index in [1.165, 1.54) is 4.90 Å². The number of hydrogen-bond donors (Lipinski definition) is 2. The summed E-state index contributed by atoms with van der Waals surface area (Å²) in [7, 11) is 1.63. The Morgan fingerprint density at radius 2 is 1.90 bits per heavy atom. The Balaban J connectivity index is 1.52. The number of rotatable bonds is 9. The van der Waals surface area contributed by atoms with Gasteiger partial charge in [0.05, 0.1) is 26.4 Å². The van der Waals surface area contributed by atoms with Crippen LogP contribution in [-0.4, -0.2) is 79.7 Å². The average molecular weight is 433 g/mol. The summed E-state index contributed by atoms with van der Waals surface area (Å²) in [6.07, 6.45) is 0.668. The van der Waals surface area contributed by atoms with Crippen LogP contribution in [0.4, 0.5) is 4.79 Å². The predicted molar refractivity (Wildman–Crippen MR) is 115 cm³/mol. The van der Waals surface area contributed by atoms with Gasteiger partial charge in [0, 0.05) is 32.6 Å². The van der Waals surface area contributed by atoms with E-state index in [1.54, 1.807) is 21.0 Å². The van der Waals surface area contributed by atoms with E-state index in [-0.39, 0.29) is 30.8 Å². The van der Waals surface area contributed by atoms with Crippen LogP contribution in [0.3, 0.4) is 0 Å². The lowest BCUT2D eigenvalue weighted by molar-refractivity contribution is -0.130. The van der Waals surface area contributed by atoms with E-state index in [2.05, 4.69) is 15.5 Å². The maximum atomic E-state index is 12.4. The molecular weight excluding hydrogens is 400 g/mol. The molecule has 0 bridgehead atoms. The van der Waals surface area contributed by atoms with Crippen LogP contribution in [0, 0.1) is 0 Å². The second-order valence-corrected chi connectivity index (χ2v) is 8.36. The molecule has 1 aromatic carbocycles. The molecule has 4 amide bonds. The molecule has 3 rings (SSSR count). The Hall–Kier alpha value is -2.65. The zero-order chi connectivity index (χ0) is 22.4. The maximum Gasteiger partial charge on any atom is 0.325 e. The molecule has 0 aliphatic carbocycles. The van der Waals surface area contributed by atoms with Gasteiger partial charge in [0.25, 0.3) is 5.91 Å². The summed E-state index contributed by atoms with van der Waals surface area (Å²) in [5.41, 5.74) is 0.216. The first-order valence-electron chi connectivity index (χ1n) is 10.7. The van der Waals surface area contributed by atoms with Crippen molar-refractivity contribution < 1.29 is 23.9 Å². The number of morpholine rings is 1. The highest BCUT2D eigenvalue weighted by atomic mass is 16.5. The van der Waals surface area contributed by atoms with Gasteiger partial charge < -0.3 is 20.1 Å². The first-order chi connectivity index (χ1) is 14.8. The van der Waals surface area contributed by atoms with E-state index >= 15 is 0 Å². The molecular formula is C22H32N4O5. The van der Waals surface area contributed by atoms with E-state index in [0.717, 1.165) is 24.4 Å². The lowest BCUT2D eigenvalue weighted by Gasteiger charge is -2.35. The van der Waals surface area contributed by atoms with Gasteiger partial charge in [-0.1, -0.05) is 12.1 Å². The molecule has 9 heteroatoms. The maximum absolute atomic E-state index is 12.4. The molecule has 2 N–H and O–H groups in total. The molecule has 0 radical (unpaired) electrons. The van der Waals surface area contributed by atoms with Gasteiger partial charge in [-0.25, -0.2) is 4.79 Å². The van der Waals surface area contributed by atoms with Crippen molar-refractivity contribution in [1.29, 1.82) is 0 Å². The summed E-state index contributed by atoms with van der Waals surface area (Å²) in [4.78, 5) is 40.1. The molecule has 9 nitrogen and oxygen atoms in total. The van der Waals surface area contributed by atoms with Crippen LogP contribution < -0.4 is 15.4 Å². The Labute approximate surface area is 183 Å². The van der Waals surface area contributed by atoms with Gasteiger partial charge in [0.15, 0.2) is 0 Å². The largest absolute Gasteiger partial charge is 0.497 e. The number of benzene rings is 1. The number of ether oxygens (including phenoxy) is 2. The van der Waals surface area contributed by atoms with E-state index < -0.39 is 11.6 Å². The van der Waals surface area contributed by atoms with Gasteiger partial charge >= 0.3 is 6.03 Å². The smallest absolute Gasteiger partial charge is 0.325 e. The fraction of sp³-hybridized carbons (Fsp3) is 0.591.